The van der Waals surface area contributed by atoms with E-state index in [1.54, 1.807) is 11.3 Å². The molecule has 0 spiro atoms. The Kier molecular flexibility index (Phi) is 4.60. The third kappa shape index (κ3) is 3.42. The molecule has 1 atom stereocenters. The van der Waals surface area contributed by atoms with Gasteiger partial charge in [-0.25, -0.2) is 9.50 Å². The van der Waals surface area contributed by atoms with Crippen molar-refractivity contribution >= 4 is 26.9 Å². The minimum atomic E-state index is -0.735. The van der Waals surface area contributed by atoms with Gasteiger partial charge in [0, 0.05) is 12.1 Å². The Bertz CT molecular complexity index is 1280. The number of nitrogens with zero attached hydrogens (tertiary/aromatic N) is 3. The Morgan fingerprint density at radius 3 is 2.66 bits per heavy atom. The Morgan fingerprint density at radius 2 is 1.83 bits per heavy atom. The van der Waals surface area contributed by atoms with Gasteiger partial charge in [-0.1, -0.05) is 78.1 Å². The summed E-state index contributed by atoms with van der Waals surface area (Å²) >= 11 is 1.61. The highest BCUT2D eigenvalue weighted by Crippen LogP contribution is 2.27. The van der Waals surface area contributed by atoms with Gasteiger partial charge in [0.25, 0.3) is 0 Å². The molecule has 0 aliphatic rings. The van der Waals surface area contributed by atoms with Crippen molar-refractivity contribution in [3.8, 4) is 10.6 Å². The molecule has 3 aromatic carbocycles. The molecule has 5 rings (SSSR count). The highest BCUT2D eigenvalue weighted by molar-refractivity contribution is 7.20. The molecule has 29 heavy (non-hydrogen) atoms. The minimum Gasteiger partial charge on any atom is -0.374 e. The van der Waals surface area contributed by atoms with Gasteiger partial charge < -0.3 is 5.11 Å². The lowest BCUT2D eigenvalue weighted by atomic mass is 10.0. The Balaban J connectivity index is 1.31. The predicted octanol–water partition coefficient (Wildman–Crippen LogP) is 4.70. The van der Waals surface area contributed by atoms with E-state index in [2.05, 4.69) is 39.7 Å². The summed E-state index contributed by atoms with van der Waals surface area (Å²) in [4.78, 5) is 5.29. The highest BCUT2D eigenvalue weighted by atomic mass is 32.1. The van der Waals surface area contributed by atoms with Crippen molar-refractivity contribution < 1.29 is 5.11 Å². The maximum absolute atomic E-state index is 10.6. The summed E-state index contributed by atoms with van der Waals surface area (Å²) in [7, 11) is 0. The van der Waals surface area contributed by atoms with Crippen molar-refractivity contribution in [1.29, 1.82) is 0 Å². The molecule has 2 heterocycles. The summed E-state index contributed by atoms with van der Waals surface area (Å²) in [5.41, 5.74) is 3.03. The number of aliphatic hydroxyl groups excluding tert-OH is 1. The average Bonchev–Trinajstić information content (AvgIpc) is 3.34. The number of imidazole rings is 1. The molecule has 144 valence electrons. The Hall–Kier alpha value is -3.06. The van der Waals surface area contributed by atoms with Crippen LogP contribution in [0, 0.1) is 6.92 Å². The maximum Gasteiger partial charge on any atom is 0.146 e. The van der Waals surface area contributed by atoms with Crippen LogP contribution in [0.2, 0.25) is 0 Å². The Morgan fingerprint density at radius 1 is 1.03 bits per heavy atom. The van der Waals surface area contributed by atoms with Gasteiger partial charge in [0.05, 0.1) is 6.20 Å². The second kappa shape index (κ2) is 7.40. The van der Waals surface area contributed by atoms with Crippen LogP contribution < -0.4 is 5.32 Å². The van der Waals surface area contributed by atoms with Crippen LogP contribution in [0.5, 0.6) is 0 Å². The molecule has 0 bridgehead atoms. The number of hydrogen-bond acceptors (Lipinski definition) is 5. The van der Waals surface area contributed by atoms with Crippen LogP contribution in [0.1, 0.15) is 23.2 Å². The maximum atomic E-state index is 10.6. The van der Waals surface area contributed by atoms with Crippen LogP contribution in [0.3, 0.4) is 0 Å². The molecule has 2 aromatic heterocycles. The molecule has 0 saturated carbocycles. The van der Waals surface area contributed by atoms with Crippen molar-refractivity contribution in [3.63, 3.8) is 0 Å². The highest BCUT2D eigenvalue weighted by Gasteiger charge is 2.11. The summed E-state index contributed by atoms with van der Waals surface area (Å²) < 4.78 is 1.86. The van der Waals surface area contributed by atoms with Crippen molar-refractivity contribution in [2.45, 2.75) is 19.7 Å². The van der Waals surface area contributed by atoms with Crippen LogP contribution in [0.4, 0.5) is 0 Å². The van der Waals surface area contributed by atoms with Gasteiger partial charge in [-0.2, -0.15) is 5.10 Å². The average molecular weight is 401 g/mol. The predicted molar refractivity (Wildman–Crippen MR) is 117 cm³/mol. The lowest BCUT2D eigenvalue weighted by Crippen LogP contribution is -2.20. The van der Waals surface area contributed by atoms with E-state index < -0.39 is 6.23 Å². The minimum absolute atomic E-state index is 0.592. The fourth-order valence-corrected chi connectivity index (χ4v) is 4.45. The third-order valence-electron chi connectivity index (χ3n) is 5.11. The smallest absolute Gasteiger partial charge is 0.146 e. The van der Waals surface area contributed by atoms with Gasteiger partial charge in [-0.3, -0.25) is 5.32 Å². The van der Waals surface area contributed by atoms with Crippen LogP contribution in [-0.2, 0) is 6.54 Å². The summed E-state index contributed by atoms with van der Waals surface area (Å²) in [5.74, 6) is 0.882. The van der Waals surface area contributed by atoms with Crippen molar-refractivity contribution in [1.82, 2.24) is 19.9 Å². The van der Waals surface area contributed by atoms with Crippen molar-refractivity contribution in [3.05, 3.63) is 89.9 Å². The molecular weight excluding hydrogens is 380 g/mol. The first-order valence-corrected chi connectivity index (χ1v) is 10.3. The molecule has 0 saturated heterocycles. The van der Waals surface area contributed by atoms with Gasteiger partial charge >= 0.3 is 0 Å². The van der Waals surface area contributed by atoms with Crippen molar-refractivity contribution in [2.75, 3.05) is 0 Å². The number of aromatic nitrogens is 3. The lowest BCUT2D eigenvalue weighted by Gasteiger charge is -2.15. The molecule has 0 amide bonds. The molecule has 0 radical (unpaired) electrons. The van der Waals surface area contributed by atoms with Gasteiger partial charge in [0.2, 0.25) is 0 Å². The molecular formula is C23H20N4OS. The van der Waals surface area contributed by atoms with Crippen LogP contribution in [0.25, 0.3) is 26.2 Å². The van der Waals surface area contributed by atoms with E-state index in [-0.39, 0.29) is 0 Å². The largest absolute Gasteiger partial charge is 0.374 e. The number of benzene rings is 3. The SMILES string of the molecule is Cc1ncc2sc(-c3ccc(C(O)NCc4cccc5ccccc45)cc3)nn12. The molecule has 6 heteroatoms. The van der Waals surface area contributed by atoms with Crippen molar-refractivity contribution in [2.24, 2.45) is 0 Å². The van der Waals surface area contributed by atoms with E-state index in [0.29, 0.717) is 6.54 Å². The number of hydrogen-bond donors (Lipinski definition) is 2. The summed E-state index contributed by atoms with van der Waals surface area (Å²) in [6.07, 6.45) is 1.10. The number of aliphatic hydroxyl groups is 1. The molecule has 2 N–H and O–H groups in total. The van der Waals surface area contributed by atoms with E-state index >= 15 is 0 Å². The molecule has 5 nitrogen and oxygen atoms in total. The lowest BCUT2D eigenvalue weighted by molar-refractivity contribution is 0.137. The molecule has 5 aromatic rings. The number of fused-ring (bicyclic) bond motifs is 2. The second-order valence-corrected chi connectivity index (χ2v) is 8.02. The summed E-state index contributed by atoms with van der Waals surface area (Å²) in [5, 5.41) is 21.8. The number of aryl methyl sites for hydroxylation is 1. The van der Waals surface area contributed by atoms with Gasteiger partial charge in [0.1, 0.15) is 21.9 Å². The van der Waals surface area contributed by atoms with Crippen LogP contribution in [0.15, 0.2) is 72.9 Å². The quantitative estimate of drug-likeness (QED) is 0.420. The monoisotopic (exact) mass is 400 g/mol. The molecule has 0 fully saturated rings. The normalized spacial score (nSPS) is 12.6. The van der Waals surface area contributed by atoms with Gasteiger partial charge in [-0.05, 0) is 28.8 Å². The molecule has 0 aliphatic heterocycles. The zero-order valence-electron chi connectivity index (χ0n) is 15.9. The summed E-state index contributed by atoms with van der Waals surface area (Å²) in [6.45, 7) is 2.53. The third-order valence-corrected chi connectivity index (χ3v) is 6.11. The molecule has 0 aliphatic carbocycles. The first-order valence-electron chi connectivity index (χ1n) is 9.48. The van der Waals surface area contributed by atoms with E-state index in [4.69, 9.17) is 0 Å². The first kappa shape index (κ1) is 18.0. The first-order chi connectivity index (χ1) is 14.2. The number of nitrogens with one attached hydrogen (secondary N) is 1. The second-order valence-electron chi connectivity index (χ2n) is 7.01. The van der Waals surface area contributed by atoms with E-state index in [0.717, 1.165) is 26.8 Å². The molecule has 1 unspecified atom stereocenters. The fraction of sp³-hybridized carbons (Fsp3) is 0.130. The zero-order chi connectivity index (χ0) is 19.8. The fourth-order valence-electron chi connectivity index (χ4n) is 3.51. The zero-order valence-corrected chi connectivity index (χ0v) is 16.7. The summed E-state index contributed by atoms with van der Waals surface area (Å²) in [6, 6.07) is 22.4. The van der Waals surface area contributed by atoms with Gasteiger partial charge in [0.15, 0.2) is 0 Å². The number of rotatable bonds is 5. The van der Waals surface area contributed by atoms with E-state index in [1.165, 1.54) is 16.3 Å². The van der Waals surface area contributed by atoms with Gasteiger partial charge in [-0.15, -0.1) is 0 Å². The van der Waals surface area contributed by atoms with E-state index in [1.807, 2.05) is 60.1 Å². The van der Waals surface area contributed by atoms with Crippen LogP contribution >= 0.6 is 11.3 Å². The topological polar surface area (TPSA) is 62.5 Å². The van der Waals surface area contributed by atoms with Crippen LogP contribution in [-0.4, -0.2) is 19.7 Å². The van der Waals surface area contributed by atoms with E-state index in [9.17, 15) is 5.11 Å². The Labute approximate surface area is 172 Å². The standard InChI is InChI=1S/C23H20N4OS/c1-15-24-14-21-27(15)26-23(29-21)18-11-9-17(10-12-18)22(28)25-13-19-7-4-6-16-5-2-3-8-20(16)19/h2-12,14,22,25,28H,13H2,1H3.